The Morgan fingerprint density at radius 3 is 1.42 bits per heavy atom. The molecule has 270 valence electrons. The lowest BCUT2D eigenvalue weighted by Crippen LogP contribution is -2.62. The molecule has 21 heteroatoms. The molecule has 0 amide bonds. The minimum atomic E-state index is -2.22. The van der Waals surface area contributed by atoms with Crippen molar-refractivity contribution in [3.05, 3.63) is 0 Å². The summed E-state index contributed by atoms with van der Waals surface area (Å²) in [4.78, 5) is 18.7. The number of carboxylic acid groups (broad SMARTS) is 2. The zero-order chi connectivity index (χ0) is 35.8. The van der Waals surface area contributed by atoms with E-state index in [1.807, 2.05) is 0 Å². The monoisotopic (exact) mass is 672 g/mol. The number of hydrogen-bond acceptors (Lipinski definition) is 19. The second-order valence-electron chi connectivity index (χ2n) is 10.1. The first-order valence-electron chi connectivity index (χ1n) is 13.3. The number of hydrogen-bond donors (Lipinski definition) is 16. The molecule has 2 aliphatic heterocycles. The van der Waals surface area contributed by atoms with Gasteiger partial charge in [-0.3, -0.25) is 9.59 Å². The van der Waals surface area contributed by atoms with Crippen LogP contribution in [0.5, 0.6) is 0 Å². The largest absolute Gasteiger partial charge is 0.481 e. The van der Waals surface area contributed by atoms with Crippen LogP contribution in [0.2, 0.25) is 0 Å². The van der Waals surface area contributed by atoms with Gasteiger partial charge in [0.05, 0.1) is 32.3 Å². The number of carboxylic acids is 2. The first-order valence-corrected chi connectivity index (χ1v) is 13.3. The Morgan fingerprint density at radius 2 is 1.13 bits per heavy atom. The van der Waals surface area contributed by atoms with Gasteiger partial charge in [-0.2, -0.15) is 0 Å². The second-order valence-corrected chi connectivity index (χ2v) is 10.1. The Bertz CT molecular complexity index is 798. The molecular weight excluding hydrogens is 624 g/mol. The summed E-state index contributed by atoms with van der Waals surface area (Å²) < 4.78 is 15.4. The molecule has 13 atom stereocenters. The van der Waals surface area contributed by atoms with E-state index in [1.54, 1.807) is 13.8 Å². The molecule has 2 aliphatic rings. The van der Waals surface area contributed by atoms with E-state index >= 15 is 0 Å². The van der Waals surface area contributed by atoms with Crippen LogP contribution in [0.15, 0.2) is 0 Å². The summed E-state index contributed by atoms with van der Waals surface area (Å²) in [5.41, 5.74) is 0. The number of aliphatic hydroxyl groups is 14. The van der Waals surface area contributed by atoms with Crippen LogP contribution in [0.3, 0.4) is 0 Å². The molecule has 0 aliphatic carbocycles. The summed E-state index contributed by atoms with van der Waals surface area (Å²) in [6.07, 6.45) is -19.0. The number of ether oxygens (including phenoxy) is 3. The highest BCUT2D eigenvalue weighted by molar-refractivity contribution is 5.68. The van der Waals surface area contributed by atoms with Gasteiger partial charge in [0.2, 0.25) is 5.79 Å². The van der Waals surface area contributed by atoms with E-state index in [1.165, 1.54) is 0 Å². The van der Waals surface area contributed by atoms with E-state index in [0.29, 0.717) is 0 Å². The molecule has 16 N–H and O–H groups in total. The molecule has 0 bridgehead atoms. The molecule has 0 aromatic carbocycles. The highest BCUT2D eigenvalue weighted by atomic mass is 16.8. The van der Waals surface area contributed by atoms with Crippen molar-refractivity contribution in [2.45, 2.75) is 100.0 Å². The Hall–Kier alpha value is -1.74. The smallest absolute Gasteiger partial charge is 0.305 e. The van der Waals surface area contributed by atoms with Gasteiger partial charge in [-0.1, -0.05) is 13.8 Å². The number of carbonyl (C=O) groups is 2. The van der Waals surface area contributed by atoms with Gasteiger partial charge in [0.15, 0.2) is 6.29 Å². The minimum Gasteiger partial charge on any atom is -0.481 e. The minimum absolute atomic E-state index is 0.231. The average Bonchev–Trinajstić information content (AvgIpc) is 3.24. The van der Waals surface area contributed by atoms with Gasteiger partial charge in [-0.05, 0) is 0 Å². The van der Waals surface area contributed by atoms with E-state index in [9.17, 15) is 35.4 Å². The summed E-state index contributed by atoms with van der Waals surface area (Å²) in [5, 5.41) is 144. The van der Waals surface area contributed by atoms with Crippen molar-refractivity contribution in [1.29, 1.82) is 0 Å². The third-order valence-corrected chi connectivity index (χ3v) is 6.08. The van der Waals surface area contributed by atoms with Crippen LogP contribution in [0.1, 0.15) is 20.8 Å². The predicted molar refractivity (Wildman–Crippen MR) is 143 cm³/mol. The fourth-order valence-electron chi connectivity index (χ4n) is 3.30. The van der Waals surface area contributed by atoms with Gasteiger partial charge in [-0.15, -0.1) is 0 Å². The van der Waals surface area contributed by atoms with E-state index in [4.69, 9.17) is 70.1 Å². The molecular formula is C24H48O21. The molecule has 45 heavy (non-hydrogen) atoms. The van der Waals surface area contributed by atoms with Gasteiger partial charge in [0.1, 0.15) is 73.8 Å². The summed E-state index contributed by atoms with van der Waals surface area (Å²) in [6, 6.07) is 0. The lowest BCUT2D eigenvalue weighted by atomic mass is 9.99. The lowest BCUT2D eigenvalue weighted by molar-refractivity contribution is -0.383. The maximum absolute atomic E-state index is 10.00. The predicted octanol–water partition coefficient (Wildman–Crippen LogP) is -8.16. The van der Waals surface area contributed by atoms with Crippen molar-refractivity contribution < 1.29 is 106 Å². The molecule has 0 spiro atoms. The van der Waals surface area contributed by atoms with Crippen molar-refractivity contribution in [3.63, 3.8) is 0 Å². The van der Waals surface area contributed by atoms with Gasteiger partial charge < -0.3 is 95.9 Å². The van der Waals surface area contributed by atoms with Gasteiger partial charge in [0.25, 0.3) is 5.97 Å². The highest BCUT2D eigenvalue weighted by Crippen LogP contribution is 2.35. The van der Waals surface area contributed by atoms with Crippen molar-refractivity contribution in [2.75, 3.05) is 33.0 Å². The highest BCUT2D eigenvalue weighted by Gasteiger charge is 2.58. The summed E-state index contributed by atoms with van der Waals surface area (Å²) in [7, 11) is 0. The zero-order valence-corrected chi connectivity index (χ0v) is 24.7. The SMILES string of the molecule is CC(=O)O.CC(C)C(=O)O.OC[C@@H](O)[C@@H](O)[C@H](O)[C@@H](O)CO.OC[C@H]1O[C@@](CO)(O[C@H]2O[C@H](CO)[C@@H](O)[C@H](O)[C@H]2O)[C@@H](O)[C@@H]1O. The first kappa shape index (κ1) is 45.4. The quantitative estimate of drug-likeness (QED) is 0.0968. The Kier molecular flexibility index (Phi) is 22.1. The maximum atomic E-state index is 10.00. The van der Waals surface area contributed by atoms with E-state index < -0.39 is 124 Å². The van der Waals surface area contributed by atoms with Crippen LogP contribution in [0.4, 0.5) is 0 Å². The zero-order valence-electron chi connectivity index (χ0n) is 24.7. The van der Waals surface area contributed by atoms with E-state index in [0.717, 1.165) is 6.92 Å². The molecule has 2 rings (SSSR count). The molecule has 2 saturated heterocycles. The summed E-state index contributed by atoms with van der Waals surface area (Å²) in [6.45, 7) is 0.592. The normalized spacial score (nSPS) is 33.6. The summed E-state index contributed by atoms with van der Waals surface area (Å²) >= 11 is 0. The van der Waals surface area contributed by atoms with Crippen LogP contribution in [0, 0.1) is 5.92 Å². The van der Waals surface area contributed by atoms with Crippen LogP contribution in [-0.2, 0) is 23.8 Å². The third kappa shape index (κ3) is 14.3. The molecule has 0 aromatic rings. The van der Waals surface area contributed by atoms with E-state index in [-0.39, 0.29) is 5.92 Å². The molecule has 21 nitrogen and oxygen atoms in total. The Balaban J connectivity index is 0. The maximum Gasteiger partial charge on any atom is 0.305 e. The van der Waals surface area contributed by atoms with Crippen LogP contribution in [-0.4, -0.2) is 206 Å². The van der Waals surface area contributed by atoms with Crippen LogP contribution >= 0.6 is 0 Å². The van der Waals surface area contributed by atoms with Crippen molar-refractivity contribution in [1.82, 2.24) is 0 Å². The number of aliphatic carboxylic acids is 2. The topological polar surface area (TPSA) is 386 Å². The Labute approximate surface area is 257 Å². The van der Waals surface area contributed by atoms with Gasteiger partial charge >= 0.3 is 5.97 Å². The van der Waals surface area contributed by atoms with E-state index in [2.05, 4.69) is 0 Å². The number of rotatable bonds is 11. The fraction of sp³-hybridized carbons (Fsp3) is 0.917. The molecule has 2 heterocycles. The fourth-order valence-corrected chi connectivity index (χ4v) is 3.30. The molecule has 0 radical (unpaired) electrons. The average molecular weight is 673 g/mol. The molecule has 0 unspecified atom stereocenters. The van der Waals surface area contributed by atoms with Crippen molar-refractivity contribution in [2.24, 2.45) is 5.92 Å². The summed E-state index contributed by atoms with van der Waals surface area (Å²) in [5.74, 6) is -4.03. The van der Waals surface area contributed by atoms with Crippen LogP contribution < -0.4 is 0 Å². The third-order valence-electron chi connectivity index (χ3n) is 6.08. The Morgan fingerprint density at radius 1 is 0.733 bits per heavy atom. The molecule has 2 fully saturated rings. The second kappa shape index (κ2) is 21.9. The van der Waals surface area contributed by atoms with Crippen molar-refractivity contribution >= 4 is 11.9 Å². The molecule has 0 aromatic heterocycles. The van der Waals surface area contributed by atoms with Gasteiger partial charge in [-0.25, -0.2) is 0 Å². The first-order chi connectivity index (χ1) is 20.7. The standard InChI is InChI=1S/C12H22O11.C6H14O6.C4H8O2.C2H4O2/c13-1-4-6(16)8(18)9(19)11(21-4)23-12(3-15)10(20)7(17)5(2-14)22-12;7-1-3(9)5(11)6(12)4(10)2-8;1-3(2)4(5)6;1-2(3)4/h4-11,13-20H,1-3H2;3-12H,1-2H2;3H,1-2H3,(H,5,6);1H3,(H,3,4)/t4-,5-,6-,7-,8+,9-,10+,11-,12+;3-,4+,5-,6-;;/m11../s1. The number of aliphatic hydroxyl groups excluding tert-OH is 14. The van der Waals surface area contributed by atoms with Crippen molar-refractivity contribution in [3.8, 4) is 0 Å². The van der Waals surface area contributed by atoms with Crippen LogP contribution in [0.25, 0.3) is 0 Å². The van der Waals surface area contributed by atoms with Gasteiger partial charge in [0, 0.05) is 6.92 Å². The molecule has 0 saturated carbocycles. The lowest BCUT2D eigenvalue weighted by Gasteiger charge is -2.43.